The number of hydrogen-bond donors (Lipinski definition) is 2. The highest BCUT2D eigenvalue weighted by atomic mass is 32.2. The molecule has 1 heterocycles. The number of nitrogens with one attached hydrogen (secondary N) is 2. The highest BCUT2D eigenvalue weighted by Crippen LogP contribution is 2.29. The molecule has 1 amide bonds. The maximum absolute atomic E-state index is 12.2. The minimum Gasteiger partial charge on any atom is -0.330 e. The fourth-order valence-electron chi connectivity index (χ4n) is 2.50. The number of aromatic nitrogens is 2. The maximum Gasteiger partial charge on any atom is 0.234 e. The highest BCUT2D eigenvalue weighted by Gasteiger charge is 2.11. The van der Waals surface area contributed by atoms with E-state index in [1.165, 1.54) is 34.2 Å². The topological polar surface area (TPSA) is 66.9 Å². The number of nitrogens with zero attached hydrogens (tertiary/aromatic N) is 2. The van der Waals surface area contributed by atoms with Gasteiger partial charge < -0.3 is 10.6 Å². The van der Waals surface area contributed by atoms with E-state index in [4.69, 9.17) is 0 Å². The lowest BCUT2D eigenvalue weighted by Gasteiger charge is -2.08. The molecule has 0 aliphatic carbocycles. The second-order valence-corrected chi connectivity index (χ2v) is 8.60. The molecule has 0 saturated heterocycles. The van der Waals surface area contributed by atoms with Crippen LogP contribution in [-0.2, 0) is 4.79 Å². The molecule has 27 heavy (non-hydrogen) atoms. The van der Waals surface area contributed by atoms with Crippen molar-refractivity contribution in [1.82, 2.24) is 10.2 Å². The van der Waals surface area contributed by atoms with Crippen LogP contribution in [0.2, 0.25) is 0 Å². The molecule has 2 N–H and O–H groups in total. The molecule has 1 aromatic heterocycles. The van der Waals surface area contributed by atoms with Gasteiger partial charge in [-0.25, -0.2) is 0 Å². The summed E-state index contributed by atoms with van der Waals surface area (Å²) in [4.78, 5) is 12.2. The molecule has 0 atom stereocenters. The van der Waals surface area contributed by atoms with Crippen LogP contribution in [0.15, 0.2) is 40.7 Å². The molecule has 0 saturated carbocycles. The van der Waals surface area contributed by atoms with Gasteiger partial charge in [-0.3, -0.25) is 4.79 Å². The number of carbonyl (C=O) groups excluding carboxylic acids is 1. The van der Waals surface area contributed by atoms with Gasteiger partial charge in [0, 0.05) is 11.4 Å². The van der Waals surface area contributed by atoms with Crippen molar-refractivity contribution in [1.29, 1.82) is 0 Å². The molecule has 2 aromatic carbocycles. The summed E-state index contributed by atoms with van der Waals surface area (Å²) in [5.41, 5.74) is 6.47. The average Bonchev–Trinajstić information content (AvgIpc) is 3.08. The molecule has 5 nitrogen and oxygen atoms in total. The molecular formula is C20H22N4OS2. The van der Waals surface area contributed by atoms with Crippen LogP contribution in [0.4, 0.5) is 16.5 Å². The Labute approximate surface area is 167 Å². The fraction of sp³-hybridized carbons (Fsp3) is 0.250. The average molecular weight is 399 g/mol. The van der Waals surface area contributed by atoms with Crippen LogP contribution in [0.3, 0.4) is 0 Å². The van der Waals surface area contributed by atoms with Gasteiger partial charge in [-0.1, -0.05) is 47.4 Å². The van der Waals surface area contributed by atoms with E-state index in [-0.39, 0.29) is 5.91 Å². The second kappa shape index (κ2) is 8.54. The Morgan fingerprint density at radius 2 is 1.85 bits per heavy atom. The van der Waals surface area contributed by atoms with E-state index in [9.17, 15) is 4.79 Å². The number of hydrogen-bond acceptors (Lipinski definition) is 6. The van der Waals surface area contributed by atoms with Crippen LogP contribution in [0.1, 0.15) is 22.3 Å². The van der Waals surface area contributed by atoms with Gasteiger partial charge in [0.1, 0.15) is 0 Å². The van der Waals surface area contributed by atoms with Crippen molar-refractivity contribution >= 4 is 45.5 Å². The molecule has 3 rings (SSSR count). The molecule has 0 bridgehead atoms. The number of carbonyl (C=O) groups is 1. The zero-order chi connectivity index (χ0) is 19.4. The smallest absolute Gasteiger partial charge is 0.234 e. The summed E-state index contributed by atoms with van der Waals surface area (Å²) in [5, 5.41) is 15.3. The maximum atomic E-state index is 12.2. The zero-order valence-corrected chi connectivity index (χ0v) is 17.4. The predicted octanol–water partition coefficient (Wildman–Crippen LogP) is 5.25. The third kappa shape index (κ3) is 5.08. The third-order valence-electron chi connectivity index (χ3n) is 4.25. The summed E-state index contributed by atoms with van der Waals surface area (Å²) in [5.74, 6) is 0.249. The van der Waals surface area contributed by atoms with Gasteiger partial charge in [0.2, 0.25) is 11.0 Å². The lowest BCUT2D eigenvalue weighted by molar-refractivity contribution is -0.113. The summed E-state index contributed by atoms with van der Waals surface area (Å²) in [6, 6.07) is 12.1. The van der Waals surface area contributed by atoms with Gasteiger partial charge in [0.15, 0.2) is 4.34 Å². The van der Waals surface area contributed by atoms with Crippen molar-refractivity contribution in [3.05, 3.63) is 58.7 Å². The van der Waals surface area contributed by atoms with Gasteiger partial charge >= 0.3 is 0 Å². The standard InChI is InChI=1S/C20H22N4OS2/c1-12-8-9-14(3)17(10-12)21-18(25)11-26-20-24-23-19(27-20)22-16-7-5-6-13(2)15(16)4/h5-10H,11H2,1-4H3,(H,21,25)(H,22,23). The van der Waals surface area contributed by atoms with E-state index in [0.717, 1.165) is 32.0 Å². The Morgan fingerprint density at radius 1 is 1.04 bits per heavy atom. The SMILES string of the molecule is Cc1ccc(C)c(NC(=O)CSc2nnc(Nc3cccc(C)c3C)s2)c1. The molecule has 0 unspecified atom stereocenters. The van der Waals surface area contributed by atoms with Crippen molar-refractivity contribution in [2.75, 3.05) is 16.4 Å². The Morgan fingerprint density at radius 3 is 2.67 bits per heavy atom. The minimum atomic E-state index is -0.0482. The van der Waals surface area contributed by atoms with Gasteiger partial charge in [-0.05, 0) is 62.1 Å². The van der Waals surface area contributed by atoms with Crippen LogP contribution in [0.5, 0.6) is 0 Å². The van der Waals surface area contributed by atoms with Crippen molar-refractivity contribution in [3.63, 3.8) is 0 Å². The number of amides is 1. The molecule has 0 aliphatic rings. The normalized spacial score (nSPS) is 10.7. The Bertz CT molecular complexity index is 968. The van der Waals surface area contributed by atoms with Gasteiger partial charge in [0.25, 0.3) is 0 Å². The van der Waals surface area contributed by atoms with Crippen molar-refractivity contribution in [2.45, 2.75) is 32.0 Å². The summed E-state index contributed by atoms with van der Waals surface area (Å²) in [7, 11) is 0. The van der Waals surface area contributed by atoms with Crippen LogP contribution in [0.25, 0.3) is 0 Å². The summed E-state index contributed by atoms with van der Waals surface area (Å²) in [6.45, 7) is 8.15. The monoisotopic (exact) mass is 398 g/mol. The molecular weight excluding hydrogens is 376 g/mol. The molecule has 3 aromatic rings. The minimum absolute atomic E-state index is 0.0482. The van der Waals surface area contributed by atoms with Crippen LogP contribution < -0.4 is 10.6 Å². The quantitative estimate of drug-likeness (QED) is 0.555. The Kier molecular flexibility index (Phi) is 6.13. The lowest BCUT2D eigenvalue weighted by atomic mass is 10.1. The summed E-state index contributed by atoms with van der Waals surface area (Å²) < 4.78 is 0.763. The lowest BCUT2D eigenvalue weighted by Crippen LogP contribution is -2.14. The first-order valence-corrected chi connectivity index (χ1v) is 10.4. The Hall–Kier alpha value is -2.38. The number of aryl methyl sites for hydroxylation is 3. The number of anilines is 3. The number of benzene rings is 2. The molecule has 0 aliphatic heterocycles. The third-order valence-corrected chi connectivity index (χ3v) is 6.22. The fourth-order valence-corrected chi connectivity index (χ4v) is 4.07. The predicted molar refractivity (Wildman–Crippen MR) is 114 cm³/mol. The largest absolute Gasteiger partial charge is 0.330 e. The molecule has 7 heteroatoms. The molecule has 0 radical (unpaired) electrons. The second-order valence-electron chi connectivity index (χ2n) is 6.40. The highest BCUT2D eigenvalue weighted by molar-refractivity contribution is 8.01. The van der Waals surface area contributed by atoms with E-state index in [1.54, 1.807) is 0 Å². The Balaban J connectivity index is 1.57. The van der Waals surface area contributed by atoms with Crippen LogP contribution in [-0.4, -0.2) is 21.9 Å². The van der Waals surface area contributed by atoms with E-state index >= 15 is 0 Å². The number of rotatable bonds is 6. The number of thioether (sulfide) groups is 1. The molecule has 140 valence electrons. The van der Waals surface area contributed by atoms with Crippen LogP contribution in [0, 0.1) is 27.7 Å². The molecule has 0 spiro atoms. The first-order chi connectivity index (χ1) is 12.9. The van der Waals surface area contributed by atoms with E-state index in [0.29, 0.717) is 5.75 Å². The van der Waals surface area contributed by atoms with E-state index in [1.807, 2.05) is 44.2 Å². The van der Waals surface area contributed by atoms with Gasteiger partial charge in [-0.2, -0.15) is 0 Å². The van der Waals surface area contributed by atoms with Crippen molar-refractivity contribution in [3.8, 4) is 0 Å². The van der Waals surface area contributed by atoms with Gasteiger partial charge in [-0.15, -0.1) is 10.2 Å². The first kappa shape index (κ1) is 19.4. The van der Waals surface area contributed by atoms with E-state index in [2.05, 4.69) is 40.7 Å². The summed E-state index contributed by atoms with van der Waals surface area (Å²) >= 11 is 2.84. The van der Waals surface area contributed by atoms with E-state index < -0.39 is 0 Å². The van der Waals surface area contributed by atoms with Crippen molar-refractivity contribution < 1.29 is 4.79 Å². The van der Waals surface area contributed by atoms with Gasteiger partial charge in [0.05, 0.1) is 5.75 Å². The summed E-state index contributed by atoms with van der Waals surface area (Å²) in [6.07, 6.45) is 0. The zero-order valence-electron chi connectivity index (χ0n) is 15.8. The molecule has 0 fully saturated rings. The van der Waals surface area contributed by atoms with Crippen LogP contribution >= 0.6 is 23.1 Å². The van der Waals surface area contributed by atoms with Crippen molar-refractivity contribution in [2.24, 2.45) is 0 Å². The first-order valence-electron chi connectivity index (χ1n) is 8.59.